The van der Waals surface area contributed by atoms with E-state index >= 15 is 0 Å². The summed E-state index contributed by atoms with van der Waals surface area (Å²) in [5.74, 6) is 3.04. The van der Waals surface area contributed by atoms with Crippen LogP contribution >= 0.6 is 11.8 Å². The first-order valence-corrected chi connectivity index (χ1v) is 9.91. The average Bonchev–Trinajstić information content (AvgIpc) is 3.06. The molecule has 1 aromatic rings. The van der Waals surface area contributed by atoms with Gasteiger partial charge >= 0.3 is 0 Å². The van der Waals surface area contributed by atoms with Gasteiger partial charge in [-0.1, -0.05) is 6.07 Å². The molecule has 122 valence electrons. The van der Waals surface area contributed by atoms with Gasteiger partial charge in [0.1, 0.15) is 5.75 Å². The van der Waals surface area contributed by atoms with E-state index in [1.165, 1.54) is 61.8 Å². The first-order valence-electron chi connectivity index (χ1n) is 8.86. The van der Waals surface area contributed by atoms with Crippen LogP contribution in [0.3, 0.4) is 0 Å². The summed E-state index contributed by atoms with van der Waals surface area (Å²) >= 11 is 2.15. The van der Waals surface area contributed by atoms with Crippen molar-refractivity contribution in [2.45, 2.75) is 50.2 Å². The number of nitrogens with one attached hydrogen (secondary N) is 1. The zero-order valence-electron chi connectivity index (χ0n) is 13.8. The van der Waals surface area contributed by atoms with Gasteiger partial charge in [-0.15, -0.1) is 0 Å². The van der Waals surface area contributed by atoms with Crippen molar-refractivity contribution in [3.63, 3.8) is 0 Å². The molecule has 2 unspecified atom stereocenters. The monoisotopic (exact) mass is 319 g/mol. The summed E-state index contributed by atoms with van der Waals surface area (Å²) in [5, 5.41) is 4.19. The third-order valence-electron chi connectivity index (χ3n) is 4.92. The molecule has 22 heavy (non-hydrogen) atoms. The van der Waals surface area contributed by atoms with Crippen molar-refractivity contribution in [2.24, 2.45) is 5.92 Å². The molecular formula is C19H29NOS. The molecule has 0 saturated carbocycles. The molecule has 0 amide bonds. The second-order valence-electron chi connectivity index (χ2n) is 6.74. The highest BCUT2D eigenvalue weighted by molar-refractivity contribution is 8.00. The molecule has 2 atom stereocenters. The predicted octanol–water partition coefficient (Wildman–Crippen LogP) is 4.07. The largest absolute Gasteiger partial charge is 0.493 e. The Morgan fingerprint density at radius 1 is 1.23 bits per heavy atom. The predicted molar refractivity (Wildman–Crippen MR) is 96.1 cm³/mol. The van der Waals surface area contributed by atoms with Crippen molar-refractivity contribution in [2.75, 3.05) is 26.0 Å². The van der Waals surface area contributed by atoms with Crippen LogP contribution in [0, 0.1) is 5.92 Å². The summed E-state index contributed by atoms with van der Waals surface area (Å²) in [4.78, 5) is 0. The molecule has 1 fully saturated rings. The Morgan fingerprint density at radius 2 is 2.09 bits per heavy atom. The van der Waals surface area contributed by atoms with Crippen molar-refractivity contribution in [3.05, 3.63) is 29.3 Å². The number of thioether (sulfide) groups is 1. The van der Waals surface area contributed by atoms with Gasteiger partial charge in [0, 0.05) is 17.7 Å². The van der Waals surface area contributed by atoms with Gasteiger partial charge in [-0.05, 0) is 81.0 Å². The maximum Gasteiger partial charge on any atom is 0.119 e. The third kappa shape index (κ3) is 4.42. The number of hydrogen-bond donors (Lipinski definition) is 1. The van der Waals surface area contributed by atoms with Gasteiger partial charge in [-0.3, -0.25) is 0 Å². The van der Waals surface area contributed by atoms with Crippen LogP contribution in [0.1, 0.15) is 43.2 Å². The minimum absolute atomic E-state index is 0.622. The normalized spacial score (nSPS) is 22.3. The Labute approximate surface area is 139 Å². The fourth-order valence-electron chi connectivity index (χ4n) is 3.71. The lowest BCUT2D eigenvalue weighted by Gasteiger charge is -2.21. The smallest absolute Gasteiger partial charge is 0.119 e. The molecule has 0 spiro atoms. The SMILES string of the molecule is CNCC(COc1ccc2c(c1)CCCC2)CC1CCCS1. The van der Waals surface area contributed by atoms with Crippen LogP contribution < -0.4 is 10.1 Å². The molecule has 1 N–H and O–H groups in total. The summed E-state index contributed by atoms with van der Waals surface area (Å²) in [6, 6.07) is 6.74. The Bertz CT molecular complexity index is 471. The van der Waals surface area contributed by atoms with E-state index < -0.39 is 0 Å². The number of benzene rings is 1. The van der Waals surface area contributed by atoms with Crippen LogP contribution in [0.5, 0.6) is 5.75 Å². The van der Waals surface area contributed by atoms with Gasteiger partial charge in [0.05, 0.1) is 6.61 Å². The lowest BCUT2D eigenvalue weighted by molar-refractivity contribution is 0.236. The topological polar surface area (TPSA) is 21.3 Å². The first-order chi connectivity index (χ1) is 10.8. The first kappa shape index (κ1) is 16.2. The van der Waals surface area contributed by atoms with Crippen LogP contribution in [0.4, 0.5) is 0 Å². The molecule has 1 aliphatic heterocycles. The highest BCUT2D eigenvalue weighted by Crippen LogP contribution is 2.31. The van der Waals surface area contributed by atoms with E-state index in [4.69, 9.17) is 4.74 Å². The number of aryl methyl sites for hydroxylation is 2. The lowest BCUT2D eigenvalue weighted by atomic mass is 9.92. The maximum absolute atomic E-state index is 6.15. The van der Waals surface area contributed by atoms with Gasteiger partial charge in [-0.2, -0.15) is 11.8 Å². The van der Waals surface area contributed by atoms with Crippen molar-refractivity contribution < 1.29 is 4.74 Å². The van der Waals surface area contributed by atoms with Crippen LogP contribution in [0.25, 0.3) is 0 Å². The van der Waals surface area contributed by atoms with E-state index in [1.807, 2.05) is 7.05 Å². The van der Waals surface area contributed by atoms with Gasteiger partial charge in [0.2, 0.25) is 0 Å². The van der Waals surface area contributed by atoms with Gasteiger partial charge in [0.15, 0.2) is 0 Å². The minimum Gasteiger partial charge on any atom is -0.493 e. The van der Waals surface area contributed by atoms with Crippen LogP contribution in [-0.4, -0.2) is 31.2 Å². The van der Waals surface area contributed by atoms with Crippen molar-refractivity contribution in [1.29, 1.82) is 0 Å². The average molecular weight is 320 g/mol. The van der Waals surface area contributed by atoms with E-state index in [-0.39, 0.29) is 0 Å². The summed E-state index contributed by atoms with van der Waals surface area (Å²) in [6.45, 7) is 1.90. The molecule has 1 aliphatic carbocycles. The van der Waals surface area contributed by atoms with E-state index in [0.717, 1.165) is 24.2 Å². The summed E-state index contributed by atoms with van der Waals surface area (Å²) < 4.78 is 6.15. The number of ether oxygens (including phenoxy) is 1. The van der Waals surface area contributed by atoms with Crippen molar-refractivity contribution in [3.8, 4) is 5.75 Å². The molecule has 2 aliphatic rings. The number of hydrogen-bond acceptors (Lipinski definition) is 3. The molecule has 0 bridgehead atoms. The number of fused-ring (bicyclic) bond motifs is 1. The summed E-state index contributed by atoms with van der Waals surface area (Å²) in [5.41, 5.74) is 3.05. The molecule has 1 saturated heterocycles. The van der Waals surface area contributed by atoms with Crippen LogP contribution in [-0.2, 0) is 12.8 Å². The van der Waals surface area contributed by atoms with Gasteiger partial charge in [0.25, 0.3) is 0 Å². The maximum atomic E-state index is 6.15. The fraction of sp³-hybridized carbons (Fsp3) is 0.684. The van der Waals surface area contributed by atoms with Crippen molar-refractivity contribution in [1.82, 2.24) is 5.32 Å². The highest BCUT2D eigenvalue weighted by Gasteiger charge is 2.21. The Kier molecular flexibility index (Phi) is 6.08. The van der Waals surface area contributed by atoms with E-state index in [2.05, 4.69) is 35.3 Å². The quantitative estimate of drug-likeness (QED) is 0.819. The molecule has 3 rings (SSSR count). The van der Waals surface area contributed by atoms with Crippen molar-refractivity contribution >= 4 is 11.8 Å². The fourth-order valence-corrected chi connectivity index (χ4v) is 5.12. The van der Waals surface area contributed by atoms with Gasteiger partial charge < -0.3 is 10.1 Å². The molecule has 0 radical (unpaired) electrons. The van der Waals surface area contributed by atoms with Crippen LogP contribution in [0.15, 0.2) is 18.2 Å². The molecule has 3 heteroatoms. The Morgan fingerprint density at radius 3 is 2.86 bits per heavy atom. The van der Waals surface area contributed by atoms with E-state index in [0.29, 0.717) is 5.92 Å². The Balaban J connectivity index is 1.54. The standard InChI is InChI=1S/C19H29NOS/c1-20-13-15(11-19-7-4-10-22-19)14-21-18-9-8-16-5-2-3-6-17(16)12-18/h8-9,12,15,19-20H,2-7,10-11,13-14H2,1H3. The summed E-state index contributed by atoms with van der Waals surface area (Å²) in [7, 11) is 2.05. The Hall–Kier alpha value is -0.670. The zero-order chi connectivity index (χ0) is 15.2. The van der Waals surface area contributed by atoms with Gasteiger partial charge in [-0.25, -0.2) is 0 Å². The second-order valence-corrected chi connectivity index (χ2v) is 8.15. The zero-order valence-corrected chi connectivity index (χ0v) is 14.6. The van der Waals surface area contributed by atoms with E-state index in [1.54, 1.807) is 0 Å². The molecule has 0 aromatic heterocycles. The lowest BCUT2D eigenvalue weighted by Crippen LogP contribution is -2.27. The molecule has 1 aromatic carbocycles. The molecule has 1 heterocycles. The minimum atomic E-state index is 0.622. The van der Waals surface area contributed by atoms with E-state index in [9.17, 15) is 0 Å². The second kappa shape index (κ2) is 8.26. The highest BCUT2D eigenvalue weighted by atomic mass is 32.2. The number of rotatable bonds is 7. The molecule has 2 nitrogen and oxygen atoms in total. The van der Waals surface area contributed by atoms with Crippen LogP contribution in [0.2, 0.25) is 0 Å². The third-order valence-corrected chi connectivity index (χ3v) is 6.34. The molecular weight excluding hydrogens is 290 g/mol. The summed E-state index contributed by atoms with van der Waals surface area (Å²) in [6.07, 6.45) is 9.23.